The third-order valence-corrected chi connectivity index (χ3v) is 3.07. The molecule has 1 unspecified atom stereocenters. The molecule has 0 heterocycles. The summed E-state index contributed by atoms with van der Waals surface area (Å²) in [5, 5.41) is 14.4. The van der Waals surface area contributed by atoms with E-state index in [1.54, 1.807) is 7.05 Å². The predicted molar refractivity (Wildman–Crippen MR) is 74.8 cm³/mol. The summed E-state index contributed by atoms with van der Waals surface area (Å²) in [4.78, 5) is 16.1. The van der Waals surface area contributed by atoms with Gasteiger partial charge in [0, 0.05) is 26.4 Å². The van der Waals surface area contributed by atoms with Gasteiger partial charge in [-0.25, -0.2) is 5.06 Å². The second-order valence-electron chi connectivity index (χ2n) is 3.05. The Morgan fingerprint density at radius 3 is 2.81 bits per heavy atom. The zero-order valence-corrected chi connectivity index (χ0v) is 12.6. The number of hydrogen-bond acceptors (Lipinski definition) is 3. The molecular weight excluding hydrogens is 342 g/mol. The summed E-state index contributed by atoms with van der Waals surface area (Å²) in [7, 11) is 3.07. The average Bonchev–Trinajstić information content (AvgIpc) is 2.27. The van der Waals surface area contributed by atoms with Gasteiger partial charge in [0.1, 0.15) is 0 Å². The Hall–Kier alpha value is -0.140. The molecule has 6 nitrogen and oxygen atoms in total. The van der Waals surface area contributed by atoms with Gasteiger partial charge < -0.3 is 10.4 Å². The molecule has 0 aromatic rings. The zero-order valence-electron chi connectivity index (χ0n) is 9.47. The summed E-state index contributed by atoms with van der Waals surface area (Å²) in [6.07, 6.45) is 2.62. The highest BCUT2D eigenvalue weighted by Crippen LogP contribution is 2.12. The number of unbranched alkanes of at least 4 members (excludes halogenated alkanes) is 1. The number of amides is 1. The van der Waals surface area contributed by atoms with E-state index in [0.717, 1.165) is 12.8 Å². The first-order valence-corrected chi connectivity index (χ1v) is 8.98. The molecule has 94 valence electrons. The van der Waals surface area contributed by atoms with E-state index in [9.17, 15) is 4.79 Å². The van der Waals surface area contributed by atoms with Crippen molar-refractivity contribution >= 4 is 40.3 Å². The Kier molecular flexibility index (Phi) is 9.95. The molecule has 0 fully saturated rings. The number of hydrogen-bond donors (Lipinski definition) is 3. The van der Waals surface area contributed by atoms with Crippen LogP contribution in [0.2, 0.25) is 0 Å². The molecule has 0 bridgehead atoms. The van der Waals surface area contributed by atoms with Crippen LogP contribution in [0.5, 0.6) is 0 Å². The van der Waals surface area contributed by atoms with Crippen LogP contribution < -0.4 is 10.4 Å². The maximum atomic E-state index is 11.3. The normalized spacial score (nSPS) is 10.4. The van der Waals surface area contributed by atoms with E-state index in [1.807, 2.05) is 0 Å². The Bertz CT molecular complexity index is 230. The molecule has 0 aliphatic rings. The first kappa shape index (κ1) is 15.9. The van der Waals surface area contributed by atoms with Crippen LogP contribution in [0.1, 0.15) is 19.3 Å². The number of rotatable bonds is 7. The van der Waals surface area contributed by atoms with Crippen LogP contribution in [0, 0.1) is 5.41 Å². The molecule has 0 spiro atoms. The topological polar surface area (TPSA) is 77.5 Å². The molecule has 0 saturated heterocycles. The highest BCUT2D eigenvalue weighted by Gasteiger charge is 2.06. The largest absolute Gasteiger partial charge is 0.356 e. The van der Waals surface area contributed by atoms with Gasteiger partial charge in [-0.2, -0.15) is 0 Å². The lowest BCUT2D eigenvalue weighted by molar-refractivity contribution is -0.168. The second kappa shape index (κ2) is 10.0. The number of nitrogens with one attached hydrogen (secondary N) is 3. The molecular formula is C8H18IN4O2P. The fraction of sp³-hybridized carbons (Fsp3) is 0.750. The molecule has 0 radical (unpaired) electrons. The molecule has 8 heteroatoms. The van der Waals surface area contributed by atoms with Crippen LogP contribution >= 0.6 is 28.4 Å². The fourth-order valence-corrected chi connectivity index (χ4v) is 1.96. The van der Waals surface area contributed by atoms with Crippen LogP contribution in [-0.2, 0) is 9.63 Å². The second-order valence-corrected chi connectivity index (χ2v) is 5.11. The summed E-state index contributed by atoms with van der Waals surface area (Å²) < 4.78 is 0. The summed E-state index contributed by atoms with van der Waals surface area (Å²) >= 11 is 2.16. The fourth-order valence-electron chi connectivity index (χ4n) is 0.965. The number of carbonyl (C=O) groups is 1. The maximum absolute atomic E-state index is 11.3. The third kappa shape index (κ3) is 8.06. The van der Waals surface area contributed by atoms with Crippen molar-refractivity contribution in [1.82, 2.24) is 15.5 Å². The lowest BCUT2D eigenvalue weighted by Crippen LogP contribution is -2.31. The Balaban J connectivity index is 3.40. The molecule has 0 saturated carbocycles. The van der Waals surface area contributed by atoms with E-state index in [4.69, 9.17) is 10.2 Å². The minimum Gasteiger partial charge on any atom is -0.356 e. The van der Waals surface area contributed by atoms with Crippen LogP contribution in [0.15, 0.2) is 0 Å². The van der Waals surface area contributed by atoms with Gasteiger partial charge in [0.15, 0.2) is 5.96 Å². The van der Waals surface area contributed by atoms with Crippen LogP contribution in [0.3, 0.4) is 0 Å². The van der Waals surface area contributed by atoms with Crippen LogP contribution in [0.25, 0.3) is 0 Å². The van der Waals surface area contributed by atoms with E-state index in [0.29, 0.717) is 25.3 Å². The van der Waals surface area contributed by atoms with Gasteiger partial charge in [-0.05, 0) is 34.9 Å². The van der Waals surface area contributed by atoms with Crippen LogP contribution in [0.4, 0.5) is 0 Å². The van der Waals surface area contributed by atoms with Crippen molar-refractivity contribution in [1.29, 1.82) is 5.41 Å². The van der Waals surface area contributed by atoms with Crippen LogP contribution in [-0.4, -0.2) is 37.6 Å². The average molecular weight is 360 g/mol. The highest BCUT2D eigenvalue weighted by molar-refractivity contribution is 14.2. The number of guanidine groups is 1. The number of carbonyl (C=O) groups excluding carboxylic acids is 1. The first-order valence-electron chi connectivity index (χ1n) is 4.86. The monoisotopic (exact) mass is 360 g/mol. The highest BCUT2D eigenvalue weighted by atomic mass is 127. The predicted octanol–water partition coefficient (Wildman–Crippen LogP) is 1.23. The number of nitrogens with zero attached hydrogens (tertiary/aromatic N) is 1. The van der Waals surface area contributed by atoms with Gasteiger partial charge in [0.05, 0.1) is 7.11 Å². The molecule has 0 aliphatic heterocycles. The Morgan fingerprint density at radius 2 is 2.25 bits per heavy atom. The quantitative estimate of drug-likeness (QED) is 0.159. The lowest BCUT2D eigenvalue weighted by atomic mass is 10.2. The van der Waals surface area contributed by atoms with Gasteiger partial charge in [0.25, 0.3) is 0 Å². The molecule has 1 atom stereocenters. The van der Waals surface area contributed by atoms with Gasteiger partial charge in [0.2, 0.25) is 5.91 Å². The van der Waals surface area contributed by atoms with Crippen molar-refractivity contribution in [2.75, 3.05) is 20.7 Å². The molecule has 0 rings (SSSR count). The van der Waals surface area contributed by atoms with Gasteiger partial charge in [-0.1, -0.05) is 0 Å². The van der Waals surface area contributed by atoms with Crippen molar-refractivity contribution in [3.63, 3.8) is 0 Å². The van der Waals surface area contributed by atoms with Crippen molar-refractivity contribution in [3.8, 4) is 0 Å². The standard InChI is InChI=1S/C8H18IN4O2P/c1-13(15-2)7(14)5-3-4-6-11-8(10)12-16-9/h16H,3-6H2,1-2H3,(H3,10,11,12). The first-order chi connectivity index (χ1) is 7.61. The molecule has 1 amide bonds. The van der Waals surface area contributed by atoms with Crippen molar-refractivity contribution in [2.45, 2.75) is 19.3 Å². The molecule has 0 aromatic carbocycles. The summed E-state index contributed by atoms with van der Waals surface area (Å²) in [5.41, 5.74) is 0. The van der Waals surface area contributed by atoms with E-state index in [2.05, 4.69) is 32.4 Å². The summed E-state index contributed by atoms with van der Waals surface area (Å²) in [6, 6.07) is 0. The van der Waals surface area contributed by atoms with Crippen molar-refractivity contribution in [2.24, 2.45) is 0 Å². The van der Waals surface area contributed by atoms with E-state index < -0.39 is 0 Å². The number of halogens is 1. The molecule has 0 aromatic heterocycles. The van der Waals surface area contributed by atoms with Gasteiger partial charge >= 0.3 is 0 Å². The van der Waals surface area contributed by atoms with Gasteiger partial charge in [-0.15, -0.1) is 0 Å². The third-order valence-electron chi connectivity index (χ3n) is 1.92. The smallest absolute Gasteiger partial charge is 0.245 e. The molecule has 16 heavy (non-hydrogen) atoms. The minimum atomic E-state index is -0.0237. The SMILES string of the molecule is CON(C)C(=O)CCCCNC(=N)NPI. The molecule has 0 aliphatic carbocycles. The van der Waals surface area contributed by atoms with Gasteiger partial charge in [-0.3, -0.25) is 15.0 Å². The zero-order chi connectivity index (χ0) is 12.4. The molecule has 3 N–H and O–H groups in total. The Morgan fingerprint density at radius 1 is 1.56 bits per heavy atom. The van der Waals surface area contributed by atoms with E-state index in [1.165, 1.54) is 12.2 Å². The minimum absolute atomic E-state index is 0.0237. The number of hydroxylamine groups is 2. The Labute approximate surface area is 111 Å². The van der Waals surface area contributed by atoms with E-state index >= 15 is 0 Å². The van der Waals surface area contributed by atoms with Crippen molar-refractivity contribution in [3.05, 3.63) is 0 Å². The maximum Gasteiger partial charge on any atom is 0.245 e. The lowest BCUT2D eigenvalue weighted by Gasteiger charge is -2.13. The van der Waals surface area contributed by atoms with E-state index in [-0.39, 0.29) is 5.91 Å². The summed E-state index contributed by atoms with van der Waals surface area (Å²) in [6.45, 7) is 0.705. The summed E-state index contributed by atoms with van der Waals surface area (Å²) in [5.74, 6) is 0.317. The van der Waals surface area contributed by atoms with Crippen molar-refractivity contribution < 1.29 is 9.63 Å².